The van der Waals surface area contributed by atoms with Gasteiger partial charge in [0.15, 0.2) is 0 Å². The van der Waals surface area contributed by atoms with Gasteiger partial charge >= 0.3 is 5.97 Å². The quantitative estimate of drug-likeness (QED) is 0.651. The molecule has 0 saturated heterocycles. The van der Waals surface area contributed by atoms with Crippen LogP contribution in [0, 0.1) is 0 Å². The zero-order valence-electron chi connectivity index (χ0n) is 13.2. The Morgan fingerprint density at radius 3 is 2.56 bits per heavy atom. The molecule has 3 rings (SSSR count). The molecule has 0 aliphatic carbocycles. The van der Waals surface area contributed by atoms with E-state index >= 15 is 0 Å². The highest BCUT2D eigenvalue weighted by Gasteiger charge is 2.16. The second-order valence-corrected chi connectivity index (χ2v) is 6.08. The number of methoxy groups -OCH3 is 1. The third-order valence-corrected chi connectivity index (χ3v) is 4.07. The minimum atomic E-state index is -0.518. The number of esters is 1. The number of carbonyl (C=O) groups is 2. The van der Waals surface area contributed by atoms with E-state index in [1.807, 2.05) is 24.3 Å². The molecule has 6 nitrogen and oxygen atoms in total. The fraction of sp³-hybridized carbons (Fsp3) is 0.0556. The third-order valence-electron chi connectivity index (χ3n) is 3.54. The molecule has 25 heavy (non-hydrogen) atoms. The van der Waals surface area contributed by atoms with E-state index in [-0.39, 0.29) is 11.3 Å². The van der Waals surface area contributed by atoms with Gasteiger partial charge in [0.2, 0.25) is 0 Å². The Labute approximate surface area is 152 Å². The smallest absolute Gasteiger partial charge is 0.339 e. The molecular weight excluding hydrogens is 386 g/mol. The summed E-state index contributed by atoms with van der Waals surface area (Å²) in [6, 6.07) is 15.9. The van der Waals surface area contributed by atoms with Gasteiger partial charge in [-0.1, -0.05) is 40.2 Å². The summed E-state index contributed by atoms with van der Waals surface area (Å²) in [7, 11) is 1.29. The molecule has 2 aromatic carbocycles. The summed E-state index contributed by atoms with van der Waals surface area (Å²) in [6.45, 7) is 0. The maximum Gasteiger partial charge on any atom is 0.339 e. The number of hydrogen-bond donors (Lipinski definition) is 2. The molecule has 126 valence electrons. The molecule has 3 aromatic rings. The zero-order chi connectivity index (χ0) is 17.8. The Balaban J connectivity index is 1.81. The number of nitrogens with zero attached hydrogens (tertiary/aromatic N) is 1. The van der Waals surface area contributed by atoms with E-state index in [0.717, 1.165) is 10.0 Å². The number of carbonyl (C=O) groups excluding carboxylic acids is 2. The van der Waals surface area contributed by atoms with Crippen molar-refractivity contribution in [3.8, 4) is 11.3 Å². The first-order chi connectivity index (χ1) is 12.1. The Morgan fingerprint density at radius 2 is 1.84 bits per heavy atom. The van der Waals surface area contributed by atoms with Crippen molar-refractivity contribution in [2.75, 3.05) is 12.4 Å². The fourth-order valence-corrected chi connectivity index (χ4v) is 2.54. The molecule has 0 atom stereocenters. The highest BCUT2D eigenvalue weighted by Crippen LogP contribution is 2.21. The SMILES string of the molecule is COC(=O)c1ccccc1NC(=O)c1cc(-c2ccc(Br)cc2)n[nH]1. The standard InChI is InChI=1S/C18H14BrN3O3/c1-25-18(24)13-4-2-3-5-14(13)20-17(23)16-10-15(21-22-16)11-6-8-12(19)9-7-11/h2-10H,1H3,(H,20,23)(H,21,22). The Kier molecular flexibility index (Phi) is 4.95. The molecule has 1 heterocycles. The predicted molar refractivity (Wildman–Crippen MR) is 97.5 cm³/mol. The molecule has 0 bridgehead atoms. The first kappa shape index (κ1) is 16.9. The number of anilines is 1. The van der Waals surface area contributed by atoms with Crippen LogP contribution in [-0.4, -0.2) is 29.2 Å². The van der Waals surface area contributed by atoms with Gasteiger partial charge in [-0.25, -0.2) is 4.79 Å². The maximum absolute atomic E-state index is 12.4. The summed E-state index contributed by atoms with van der Waals surface area (Å²) < 4.78 is 5.68. The van der Waals surface area contributed by atoms with E-state index in [4.69, 9.17) is 4.74 Å². The van der Waals surface area contributed by atoms with Crippen LogP contribution in [0.25, 0.3) is 11.3 Å². The van der Waals surface area contributed by atoms with Crippen LogP contribution in [0.4, 0.5) is 5.69 Å². The van der Waals surface area contributed by atoms with E-state index in [1.54, 1.807) is 30.3 Å². The van der Waals surface area contributed by atoms with E-state index < -0.39 is 11.9 Å². The van der Waals surface area contributed by atoms with Gasteiger partial charge in [-0.3, -0.25) is 9.89 Å². The number of halogens is 1. The number of amides is 1. The molecule has 2 N–H and O–H groups in total. The van der Waals surface area contributed by atoms with Crippen molar-refractivity contribution in [2.24, 2.45) is 0 Å². The topological polar surface area (TPSA) is 84.1 Å². The summed E-state index contributed by atoms with van der Waals surface area (Å²) in [5.41, 5.74) is 2.48. The van der Waals surface area contributed by atoms with E-state index in [2.05, 4.69) is 31.4 Å². The average Bonchev–Trinajstić information content (AvgIpc) is 3.12. The molecule has 7 heteroatoms. The van der Waals surface area contributed by atoms with Gasteiger partial charge in [0.25, 0.3) is 5.91 Å². The monoisotopic (exact) mass is 399 g/mol. The second kappa shape index (κ2) is 7.31. The summed E-state index contributed by atoms with van der Waals surface area (Å²) >= 11 is 3.38. The summed E-state index contributed by atoms with van der Waals surface area (Å²) in [5.74, 6) is -0.914. The van der Waals surface area contributed by atoms with Gasteiger partial charge < -0.3 is 10.1 Å². The van der Waals surface area contributed by atoms with E-state index in [1.165, 1.54) is 7.11 Å². The number of aromatic amines is 1. The van der Waals surface area contributed by atoms with Gasteiger partial charge in [-0.2, -0.15) is 5.10 Å². The number of nitrogens with one attached hydrogen (secondary N) is 2. The Morgan fingerprint density at radius 1 is 1.12 bits per heavy atom. The summed E-state index contributed by atoms with van der Waals surface area (Å²) in [4.78, 5) is 24.2. The minimum absolute atomic E-state index is 0.283. The van der Waals surface area contributed by atoms with Crippen molar-refractivity contribution < 1.29 is 14.3 Å². The van der Waals surface area contributed by atoms with Gasteiger partial charge in [0, 0.05) is 10.0 Å². The highest BCUT2D eigenvalue weighted by molar-refractivity contribution is 9.10. The number of rotatable bonds is 4. The van der Waals surface area contributed by atoms with Crippen LogP contribution in [-0.2, 0) is 4.74 Å². The lowest BCUT2D eigenvalue weighted by molar-refractivity contribution is 0.0602. The molecule has 1 aromatic heterocycles. The van der Waals surface area contributed by atoms with Gasteiger partial charge in [0.05, 0.1) is 24.1 Å². The van der Waals surface area contributed by atoms with Crippen LogP contribution in [0.15, 0.2) is 59.1 Å². The van der Waals surface area contributed by atoms with Crippen LogP contribution in [0.2, 0.25) is 0 Å². The molecule has 1 amide bonds. The summed E-state index contributed by atoms with van der Waals surface area (Å²) in [5, 5.41) is 9.57. The highest BCUT2D eigenvalue weighted by atomic mass is 79.9. The average molecular weight is 400 g/mol. The van der Waals surface area contributed by atoms with Gasteiger partial charge in [-0.05, 0) is 30.3 Å². The lowest BCUT2D eigenvalue weighted by Crippen LogP contribution is -2.15. The van der Waals surface area contributed by atoms with Crippen molar-refractivity contribution >= 4 is 33.5 Å². The molecule has 0 fully saturated rings. The van der Waals surface area contributed by atoms with E-state index in [9.17, 15) is 9.59 Å². The number of aromatic nitrogens is 2. The number of para-hydroxylation sites is 1. The number of hydrogen-bond acceptors (Lipinski definition) is 4. The molecule has 0 radical (unpaired) electrons. The first-order valence-electron chi connectivity index (χ1n) is 7.38. The molecule has 0 spiro atoms. The van der Waals surface area contributed by atoms with Crippen molar-refractivity contribution in [2.45, 2.75) is 0 Å². The third kappa shape index (κ3) is 3.77. The fourth-order valence-electron chi connectivity index (χ4n) is 2.28. The minimum Gasteiger partial charge on any atom is -0.465 e. The van der Waals surface area contributed by atoms with Crippen LogP contribution < -0.4 is 5.32 Å². The number of ether oxygens (including phenoxy) is 1. The zero-order valence-corrected chi connectivity index (χ0v) is 14.8. The Hall–Kier alpha value is -2.93. The van der Waals surface area contributed by atoms with Crippen LogP contribution >= 0.6 is 15.9 Å². The number of benzene rings is 2. The normalized spacial score (nSPS) is 10.3. The van der Waals surface area contributed by atoms with Gasteiger partial charge in [0.1, 0.15) is 5.69 Å². The van der Waals surface area contributed by atoms with Crippen molar-refractivity contribution in [1.82, 2.24) is 10.2 Å². The van der Waals surface area contributed by atoms with Crippen molar-refractivity contribution in [1.29, 1.82) is 0 Å². The molecule has 0 aliphatic rings. The van der Waals surface area contributed by atoms with Crippen LogP contribution in [0.1, 0.15) is 20.8 Å². The Bertz CT molecular complexity index is 919. The molecule has 0 saturated carbocycles. The molecule has 0 unspecified atom stereocenters. The van der Waals surface area contributed by atoms with Crippen molar-refractivity contribution in [3.05, 3.63) is 70.3 Å². The van der Waals surface area contributed by atoms with Gasteiger partial charge in [-0.15, -0.1) is 0 Å². The summed E-state index contributed by atoms with van der Waals surface area (Å²) in [6.07, 6.45) is 0. The van der Waals surface area contributed by atoms with Crippen molar-refractivity contribution in [3.63, 3.8) is 0 Å². The predicted octanol–water partition coefficient (Wildman–Crippen LogP) is 3.88. The number of H-pyrrole nitrogens is 1. The second-order valence-electron chi connectivity index (χ2n) is 5.17. The molecular formula is C18H14BrN3O3. The largest absolute Gasteiger partial charge is 0.465 e. The van der Waals surface area contributed by atoms with Crippen LogP contribution in [0.3, 0.4) is 0 Å². The lowest BCUT2D eigenvalue weighted by Gasteiger charge is -2.08. The molecule has 0 aliphatic heterocycles. The van der Waals surface area contributed by atoms with Crippen LogP contribution in [0.5, 0.6) is 0 Å². The first-order valence-corrected chi connectivity index (χ1v) is 8.18. The maximum atomic E-state index is 12.4. The lowest BCUT2D eigenvalue weighted by atomic mass is 10.1. The van der Waals surface area contributed by atoms with E-state index in [0.29, 0.717) is 11.4 Å².